The van der Waals surface area contributed by atoms with Crippen molar-refractivity contribution in [2.24, 2.45) is 0 Å². The molecule has 4 N–H and O–H groups in total. The maximum atomic E-state index is 13.7. The van der Waals surface area contributed by atoms with E-state index in [4.69, 9.17) is 5.73 Å². The minimum atomic E-state index is -0.304. The highest BCUT2D eigenvalue weighted by Gasteiger charge is 2.27. The number of nitrogens with one attached hydrogen (secondary N) is 1. The fraction of sp³-hybridized carbons (Fsp3) is 0.357. The Morgan fingerprint density at radius 1 is 0.896 bits per heavy atom. The molecule has 0 fully saturated rings. The number of carbonyl (C=O) groups is 1. The molecule has 0 heterocycles. The standard InChI is InChI=1S/C42H52N3O2P/c1-28-14-17-33(24-30(28)3)18-16-31(4)45(23-22-34-19-20-35-12-9-13-36(35)25-34)27-39(48-5)38(26-32-10-7-6-8-11-32)44-42(47)37-21-15-29(2)40(43)41(37)46/h6-8,10-11,14-15,17,19-21,24-25,38-39,46,48H,4,9,12-13,16,18,22-23,26-27,43H2,1-3,5H3,(H,44,47)/t38-,39?/m0/s1. The number of carbonyl (C=O) groups excluding carboxylic acids is 1. The van der Waals surface area contributed by atoms with Crippen LogP contribution in [0.25, 0.3) is 0 Å². The normalized spacial score (nSPS) is 13.8. The lowest BCUT2D eigenvalue weighted by molar-refractivity contribution is 0.0931. The van der Waals surface area contributed by atoms with Gasteiger partial charge in [0.15, 0.2) is 5.75 Å². The van der Waals surface area contributed by atoms with Gasteiger partial charge in [-0.25, -0.2) is 0 Å². The number of nitrogens with two attached hydrogens (primary N) is 1. The molecule has 1 aliphatic carbocycles. The van der Waals surface area contributed by atoms with Crippen LogP contribution in [0.1, 0.15) is 67.7 Å². The highest BCUT2D eigenvalue weighted by atomic mass is 31.1. The topological polar surface area (TPSA) is 78.6 Å². The van der Waals surface area contributed by atoms with Crippen LogP contribution in [0.5, 0.6) is 5.75 Å². The molecular formula is C42H52N3O2P. The van der Waals surface area contributed by atoms with E-state index < -0.39 is 0 Å². The largest absolute Gasteiger partial charge is 0.505 e. The van der Waals surface area contributed by atoms with Gasteiger partial charge in [0, 0.05) is 30.5 Å². The summed E-state index contributed by atoms with van der Waals surface area (Å²) in [6.45, 7) is 14.7. The molecule has 1 amide bonds. The summed E-state index contributed by atoms with van der Waals surface area (Å²) >= 11 is 0. The van der Waals surface area contributed by atoms with Crippen LogP contribution in [-0.2, 0) is 32.1 Å². The van der Waals surface area contributed by atoms with Crippen LogP contribution in [0.15, 0.2) is 91.1 Å². The van der Waals surface area contributed by atoms with E-state index in [1.807, 2.05) is 25.1 Å². The van der Waals surface area contributed by atoms with Gasteiger partial charge >= 0.3 is 0 Å². The van der Waals surface area contributed by atoms with Crippen molar-refractivity contribution in [2.45, 2.75) is 77.4 Å². The molecule has 6 heteroatoms. The first-order valence-electron chi connectivity index (χ1n) is 17.3. The lowest BCUT2D eigenvalue weighted by Crippen LogP contribution is -2.47. The number of rotatable bonds is 15. The molecule has 5 rings (SSSR count). The van der Waals surface area contributed by atoms with Crippen LogP contribution < -0.4 is 11.1 Å². The van der Waals surface area contributed by atoms with Crippen molar-refractivity contribution in [1.82, 2.24) is 10.2 Å². The van der Waals surface area contributed by atoms with E-state index in [0.29, 0.717) is 15.0 Å². The number of amides is 1. The Balaban J connectivity index is 1.39. The third kappa shape index (κ3) is 8.88. The van der Waals surface area contributed by atoms with Gasteiger partial charge in [0.2, 0.25) is 0 Å². The lowest BCUT2D eigenvalue weighted by Gasteiger charge is -2.35. The third-order valence-electron chi connectivity index (χ3n) is 10.1. The van der Waals surface area contributed by atoms with Crippen molar-refractivity contribution in [3.8, 4) is 5.75 Å². The fourth-order valence-electron chi connectivity index (χ4n) is 6.79. The molecule has 0 bridgehead atoms. The monoisotopic (exact) mass is 661 g/mol. The molecule has 48 heavy (non-hydrogen) atoms. The number of anilines is 1. The third-order valence-corrected chi connectivity index (χ3v) is 11.4. The molecule has 1 aliphatic rings. The first-order chi connectivity index (χ1) is 23.1. The Labute approximate surface area is 289 Å². The van der Waals surface area contributed by atoms with Crippen LogP contribution in [0.4, 0.5) is 5.69 Å². The van der Waals surface area contributed by atoms with E-state index in [1.54, 1.807) is 12.1 Å². The number of hydrogen-bond acceptors (Lipinski definition) is 4. The predicted molar refractivity (Wildman–Crippen MR) is 204 cm³/mol. The van der Waals surface area contributed by atoms with Gasteiger partial charge in [0.25, 0.3) is 5.91 Å². The SMILES string of the molecule is C=C(CCc1ccc(C)c(C)c1)N(CCc1ccc2c(c1)CCC2)CC(PC)[C@H](Cc1ccccc1)NC(=O)c1ccc(C)c(N)c1O. The van der Waals surface area contributed by atoms with E-state index in [1.165, 1.54) is 52.6 Å². The number of benzene rings is 4. The highest BCUT2D eigenvalue weighted by molar-refractivity contribution is 7.38. The summed E-state index contributed by atoms with van der Waals surface area (Å²) in [6.07, 6.45) is 7.07. The average Bonchev–Trinajstić information content (AvgIpc) is 3.56. The molecule has 4 aromatic carbocycles. The fourth-order valence-corrected chi connectivity index (χ4v) is 7.79. The first-order valence-corrected chi connectivity index (χ1v) is 18.9. The van der Waals surface area contributed by atoms with Crippen LogP contribution in [0, 0.1) is 20.8 Å². The number of nitrogen functional groups attached to an aromatic ring is 1. The van der Waals surface area contributed by atoms with Gasteiger partial charge in [0.1, 0.15) is 0 Å². The molecule has 2 unspecified atom stereocenters. The molecule has 4 aromatic rings. The zero-order valence-electron chi connectivity index (χ0n) is 29.1. The number of allylic oxidation sites excluding steroid dienone is 1. The predicted octanol–water partition coefficient (Wildman–Crippen LogP) is 8.10. The van der Waals surface area contributed by atoms with Gasteiger partial charge in [-0.1, -0.05) is 79.4 Å². The highest BCUT2D eigenvalue weighted by Crippen LogP contribution is 2.30. The maximum absolute atomic E-state index is 13.7. The lowest BCUT2D eigenvalue weighted by atomic mass is 9.99. The van der Waals surface area contributed by atoms with Crippen molar-refractivity contribution in [3.05, 3.63) is 141 Å². The van der Waals surface area contributed by atoms with E-state index in [9.17, 15) is 9.90 Å². The van der Waals surface area contributed by atoms with Gasteiger partial charge in [-0.05, 0) is 123 Å². The molecule has 5 nitrogen and oxygen atoms in total. The number of aromatic hydroxyl groups is 1. The Morgan fingerprint density at radius 3 is 2.35 bits per heavy atom. The van der Waals surface area contributed by atoms with E-state index in [-0.39, 0.29) is 34.6 Å². The van der Waals surface area contributed by atoms with Crippen molar-refractivity contribution in [3.63, 3.8) is 0 Å². The molecule has 3 atom stereocenters. The van der Waals surface area contributed by atoms with Crippen molar-refractivity contribution >= 4 is 20.2 Å². The van der Waals surface area contributed by atoms with E-state index in [2.05, 4.69) is 85.8 Å². The molecule has 252 valence electrons. The Morgan fingerprint density at radius 2 is 1.60 bits per heavy atom. The van der Waals surface area contributed by atoms with Gasteiger partial charge in [-0.15, -0.1) is 8.58 Å². The molecular weight excluding hydrogens is 609 g/mol. The number of aryl methyl sites for hydroxylation is 6. The smallest absolute Gasteiger partial charge is 0.255 e. The number of hydrogen-bond donors (Lipinski definition) is 3. The van der Waals surface area contributed by atoms with E-state index in [0.717, 1.165) is 49.2 Å². The average molecular weight is 662 g/mol. The van der Waals surface area contributed by atoms with Gasteiger partial charge in [-0.3, -0.25) is 4.79 Å². The first kappa shape index (κ1) is 35.2. The zero-order valence-corrected chi connectivity index (χ0v) is 30.1. The molecule has 0 spiro atoms. The summed E-state index contributed by atoms with van der Waals surface area (Å²) in [4.78, 5) is 16.2. The number of nitrogens with zero attached hydrogens (tertiary/aromatic N) is 1. The quantitative estimate of drug-likeness (QED) is 0.0684. The molecule has 0 aliphatic heterocycles. The van der Waals surface area contributed by atoms with Crippen molar-refractivity contribution < 1.29 is 9.90 Å². The van der Waals surface area contributed by atoms with Gasteiger partial charge in [0.05, 0.1) is 11.3 Å². The minimum Gasteiger partial charge on any atom is -0.505 e. The van der Waals surface area contributed by atoms with Crippen molar-refractivity contribution in [2.75, 3.05) is 25.5 Å². The summed E-state index contributed by atoms with van der Waals surface area (Å²) in [5, 5.41) is 14.1. The minimum absolute atomic E-state index is 0.153. The number of phenols is 1. The second-order valence-corrected chi connectivity index (χ2v) is 14.8. The second kappa shape index (κ2) is 16.3. The number of fused-ring (bicyclic) bond motifs is 1. The molecule has 0 saturated heterocycles. The van der Waals surface area contributed by atoms with Crippen molar-refractivity contribution in [1.29, 1.82) is 0 Å². The Kier molecular flexibility index (Phi) is 12.0. The van der Waals surface area contributed by atoms with Gasteiger partial charge in [-0.2, -0.15) is 0 Å². The van der Waals surface area contributed by atoms with Crippen LogP contribution >= 0.6 is 8.58 Å². The molecule has 0 aromatic heterocycles. The second-order valence-electron chi connectivity index (χ2n) is 13.5. The van der Waals surface area contributed by atoms with E-state index >= 15 is 0 Å². The number of phenolic OH excluding ortho intramolecular Hbond substituents is 1. The van der Waals surface area contributed by atoms with Crippen LogP contribution in [-0.4, -0.2) is 47.4 Å². The summed E-state index contributed by atoms with van der Waals surface area (Å²) in [5.41, 5.74) is 18.1. The van der Waals surface area contributed by atoms with Crippen LogP contribution in [0.3, 0.4) is 0 Å². The summed E-state index contributed by atoms with van der Waals surface area (Å²) in [7, 11) is 0.579. The Bertz CT molecular complexity index is 1730. The van der Waals surface area contributed by atoms with Crippen LogP contribution in [0.2, 0.25) is 0 Å². The summed E-state index contributed by atoms with van der Waals surface area (Å²) in [5.74, 6) is -0.459. The maximum Gasteiger partial charge on any atom is 0.255 e. The summed E-state index contributed by atoms with van der Waals surface area (Å²) < 4.78 is 0. The van der Waals surface area contributed by atoms with Gasteiger partial charge < -0.3 is 21.1 Å². The summed E-state index contributed by atoms with van der Waals surface area (Å²) in [6, 6.07) is 27.4. The Hall–Kier alpha value is -4.08. The molecule has 0 saturated carbocycles. The molecule has 0 radical (unpaired) electrons. The zero-order chi connectivity index (χ0) is 34.2.